The lowest BCUT2D eigenvalue weighted by Crippen LogP contribution is -2.38. The molecular weight excluding hydrogens is 312 g/mol. The first-order valence-corrected chi connectivity index (χ1v) is 8.94. The lowest BCUT2D eigenvalue weighted by atomic mass is 9.64. The molecule has 1 N–H and O–H groups in total. The van der Waals surface area contributed by atoms with E-state index in [1.165, 1.54) is 12.0 Å². The molecule has 2 heteroatoms. The van der Waals surface area contributed by atoms with Crippen molar-refractivity contribution in [2.45, 2.75) is 23.8 Å². The number of alkyl halides is 1. The zero-order valence-electron chi connectivity index (χ0n) is 11.5. The molecule has 0 radical (unpaired) electrons. The maximum absolute atomic E-state index is 11.8. The SMILES string of the molecule is C[C@@]12[C@H]3[C@@H]4C[C@H]5[C@@H]([C@H]4[C@H]1Br)[C@H]2[C@@](O)(c1ccccc1)[C@H]53. The van der Waals surface area contributed by atoms with Gasteiger partial charge in [0.25, 0.3) is 0 Å². The van der Waals surface area contributed by atoms with Crippen molar-refractivity contribution in [2.75, 3.05) is 0 Å². The molecule has 6 fully saturated rings. The van der Waals surface area contributed by atoms with Gasteiger partial charge < -0.3 is 5.11 Å². The minimum absolute atomic E-state index is 0.336. The van der Waals surface area contributed by atoms with Gasteiger partial charge in [0.2, 0.25) is 0 Å². The summed E-state index contributed by atoms with van der Waals surface area (Å²) in [6.07, 6.45) is 1.40. The van der Waals surface area contributed by atoms with Gasteiger partial charge in [-0.1, -0.05) is 53.2 Å². The number of hydrogen-bond acceptors (Lipinski definition) is 1. The lowest BCUT2D eigenvalue weighted by molar-refractivity contribution is -0.0284. The summed E-state index contributed by atoms with van der Waals surface area (Å²) < 4.78 is 0. The van der Waals surface area contributed by atoms with Crippen LogP contribution < -0.4 is 0 Å². The normalized spacial score (nSPS) is 67.0. The van der Waals surface area contributed by atoms with Crippen LogP contribution >= 0.6 is 15.9 Å². The Morgan fingerprint density at radius 2 is 1.80 bits per heavy atom. The van der Waals surface area contributed by atoms with Gasteiger partial charge in [-0.3, -0.25) is 0 Å². The molecule has 1 aromatic rings. The summed E-state index contributed by atoms with van der Waals surface area (Å²) in [5.41, 5.74) is 0.990. The average Bonchev–Trinajstić information content (AvgIpc) is 3.16. The second-order valence-corrected chi connectivity index (χ2v) is 9.19. The third kappa shape index (κ3) is 0.772. The van der Waals surface area contributed by atoms with Crippen LogP contribution in [0.3, 0.4) is 0 Å². The molecule has 6 bridgehead atoms. The second kappa shape index (κ2) is 2.92. The molecule has 20 heavy (non-hydrogen) atoms. The van der Waals surface area contributed by atoms with Crippen molar-refractivity contribution in [1.82, 2.24) is 0 Å². The molecule has 0 aliphatic heterocycles. The van der Waals surface area contributed by atoms with E-state index >= 15 is 0 Å². The molecule has 6 saturated carbocycles. The molecule has 0 heterocycles. The topological polar surface area (TPSA) is 20.2 Å². The van der Waals surface area contributed by atoms with Gasteiger partial charge in [0, 0.05) is 10.7 Å². The van der Waals surface area contributed by atoms with Crippen molar-refractivity contribution in [3.05, 3.63) is 35.9 Å². The molecule has 0 aromatic heterocycles. The quantitative estimate of drug-likeness (QED) is 0.782. The molecule has 0 unspecified atom stereocenters. The molecular formula is C18H19BrO. The van der Waals surface area contributed by atoms with Crippen LogP contribution in [0.2, 0.25) is 0 Å². The van der Waals surface area contributed by atoms with E-state index in [0.717, 1.165) is 29.6 Å². The highest BCUT2D eigenvalue weighted by Crippen LogP contribution is 2.91. The number of rotatable bonds is 1. The van der Waals surface area contributed by atoms with Crippen LogP contribution in [0.15, 0.2) is 30.3 Å². The van der Waals surface area contributed by atoms with E-state index < -0.39 is 5.60 Å². The lowest BCUT2D eigenvalue weighted by Gasteiger charge is -2.40. The monoisotopic (exact) mass is 330 g/mol. The first kappa shape index (κ1) is 11.3. The molecule has 6 aliphatic carbocycles. The largest absolute Gasteiger partial charge is 0.385 e. The van der Waals surface area contributed by atoms with Gasteiger partial charge in [0.05, 0.1) is 5.60 Å². The summed E-state index contributed by atoms with van der Waals surface area (Å²) in [5.74, 6) is 5.14. The summed E-state index contributed by atoms with van der Waals surface area (Å²) >= 11 is 4.06. The predicted octanol–water partition coefficient (Wildman–Crippen LogP) is 3.42. The van der Waals surface area contributed by atoms with Crippen LogP contribution in [0.5, 0.6) is 0 Å². The Hall–Kier alpha value is -0.340. The molecule has 1 nitrogen and oxygen atoms in total. The highest BCUT2D eigenvalue weighted by atomic mass is 79.9. The van der Waals surface area contributed by atoms with Crippen molar-refractivity contribution < 1.29 is 5.11 Å². The summed E-state index contributed by atoms with van der Waals surface area (Å²) in [4.78, 5) is 0.646. The van der Waals surface area contributed by atoms with Crippen molar-refractivity contribution >= 4 is 15.9 Å². The van der Waals surface area contributed by atoms with Crippen molar-refractivity contribution in [1.29, 1.82) is 0 Å². The van der Waals surface area contributed by atoms with E-state index in [-0.39, 0.29) is 0 Å². The third-order valence-corrected chi connectivity index (χ3v) is 9.81. The van der Waals surface area contributed by atoms with E-state index in [1.54, 1.807) is 0 Å². The number of aliphatic hydroxyl groups is 1. The van der Waals surface area contributed by atoms with E-state index in [9.17, 15) is 5.11 Å². The first-order valence-electron chi connectivity index (χ1n) is 8.03. The maximum atomic E-state index is 11.8. The fourth-order valence-electron chi connectivity index (χ4n) is 8.28. The molecule has 7 rings (SSSR count). The summed E-state index contributed by atoms with van der Waals surface area (Å²) in [5, 5.41) is 11.8. The highest BCUT2D eigenvalue weighted by Gasteiger charge is 2.91. The van der Waals surface area contributed by atoms with Gasteiger partial charge in [-0.15, -0.1) is 0 Å². The van der Waals surface area contributed by atoms with E-state index in [1.807, 2.05) is 0 Å². The number of hydrogen-bond donors (Lipinski definition) is 1. The minimum Gasteiger partial charge on any atom is -0.385 e. The molecule has 6 aliphatic rings. The van der Waals surface area contributed by atoms with Crippen molar-refractivity contribution in [2.24, 2.45) is 46.8 Å². The molecule has 0 saturated heterocycles. The minimum atomic E-state index is -0.540. The van der Waals surface area contributed by atoms with E-state index in [4.69, 9.17) is 0 Å². The van der Waals surface area contributed by atoms with Crippen molar-refractivity contribution in [3.63, 3.8) is 0 Å². The molecule has 0 amide bonds. The van der Waals surface area contributed by atoms with Crippen LogP contribution in [0.25, 0.3) is 0 Å². The molecule has 10 atom stereocenters. The highest BCUT2D eigenvalue weighted by molar-refractivity contribution is 9.09. The Bertz CT molecular complexity index is 628. The Kier molecular flexibility index (Phi) is 1.64. The van der Waals surface area contributed by atoms with Crippen LogP contribution in [-0.2, 0) is 5.60 Å². The van der Waals surface area contributed by atoms with Gasteiger partial charge in [-0.25, -0.2) is 0 Å². The van der Waals surface area contributed by atoms with Gasteiger partial charge >= 0.3 is 0 Å². The van der Waals surface area contributed by atoms with Gasteiger partial charge in [0.15, 0.2) is 0 Å². The van der Waals surface area contributed by atoms with E-state index in [2.05, 4.69) is 53.2 Å². The van der Waals surface area contributed by atoms with Gasteiger partial charge in [-0.05, 0) is 52.9 Å². The summed E-state index contributed by atoms with van der Waals surface area (Å²) in [6, 6.07) is 10.6. The number of benzene rings is 1. The van der Waals surface area contributed by atoms with Gasteiger partial charge in [-0.2, -0.15) is 0 Å². The Morgan fingerprint density at radius 1 is 1.10 bits per heavy atom. The Labute approximate surface area is 127 Å². The molecule has 104 valence electrons. The predicted molar refractivity (Wildman–Crippen MR) is 80.2 cm³/mol. The smallest absolute Gasteiger partial charge is 0.0966 e. The average molecular weight is 331 g/mol. The first-order chi connectivity index (χ1) is 9.61. The van der Waals surface area contributed by atoms with E-state index in [0.29, 0.717) is 22.1 Å². The van der Waals surface area contributed by atoms with Gasteiger partial charge in [0.1, 0.15) is 0 Å². The van der Waals surface area contributed by atoms with Crippen molar-refractivity contribution in [3.8, 4) is 0 Å². The molecule has 0 spiro atoms. The van der Waals surface area contributed by atoms with Crippen LogP contribution in [0, 0.1) is 46.8 Å². The van der Waals surface area contributed by atoms with Crippen LogP contribution in [-0.4, -0.2) is 9.93 Å². The standard InChI is InChI=1S/C18H19BrO/c1-17-13-10-7-9-11(12(10)16(17)19)15(17)18(20,14(9)13)8-5-3-2-4-6-8/h2-6,9-16,20H,7H2,1H3/t9-,10+,11-,12-,13-,14+,15+,16+,17-,18+/m0/s1. The maximum Gasteiger partial charge on any atom is 0.0966 e. The zero-order valence-corrected chi connectivity index (χ0v) is 13.1. The third-order valence-electron chi connectivity index (χ3n) is 8.21. The van der Waals surface area contributed by atoms with Crippen LogP contribution in [0.1, 0.15) is 18.9 Å². The summed E-state index contributed by atoms with van der Waals surface area (Å²) in [7, 11) is 0. The zero-order chi connectivity index (χ0) is 13.4. The fourth-order valence-corrected chi connectivity index (χ4v) is 9.61. The second-order valence-electron chi connectivity index (χ2n) is 8.21. The Morgan fingerprint density at radius 3 is 2.50 bits per heavy atom. The molecule has 1 aromatic carbocycles. The number of halogens is 1. The Balaban J connectivity index is 1.65. The fraction of sp³-hybridized carbons (Fsp3) is 0.667. The van der Waals surface area contributed by atoms with Crippen LogP contribution in [0.4, 0.5) is 0 Å². The summed E-state index contributed by atoms with van der Waals surface area (Å²) in [6.45, 7) is 2.48.